The normalized spacial score (nSPS) is 28.9. The van der Waals surface area contributed by atoms with E-state index in [2.05, 4.69) is 12.1 Å². The van der Waals surface area contributed by atoms with Crippen LogP contribution < -0.4 is 4.74 Å². The molecule has 4 atom stereocenters. The van der Waals surface area contributed by atoms with Crippen LogP contribution in [-0.2, 0) is 16.1 Å². The summed E-state index contributed by atoms with van der Waals surface area (Å²) in [4.78, 5) is 11.1. The average Bonchev–Trinajstić information content (AvgIpc) is 3.47. The molecule has 2 aromatic rings. The van der Waals surface area contributed by atoms with Crippen molar-refractivity contribution in [3.8, 4) is 5.75 Å². The lowest BCUT2D eigenvalue weighted by molar-refractivity contribution is -0.109. The van der Waals surface area contributed by atoms with E-state index in [0.29, 0.717) is 24.5 Å². The summed E-state index contributed by atoms with van der Waals surface area (Å²) in [5.41, 5.74) is 2.37. The second-order valence-corrected chi connectivity index (χ2v) is 6.03. The van der Waals surface area contributed by atoms with Crippen LogP contribution in [0.1, 0.15) is 17.0 Å². The van der Waals surface area contributed by atoms with Gasteiger partial charge in [0, 0.05) is 11.8 Å². The molecule has 0 N–H and O–H groups in total. The molecule has 2 fully saturated rings. The summed E-state index contributed by atoms with van der Waals surface area (Å²) in [5, 5.41) is 0. The van der Waals surface area contributed by atoms with E-state index in [0.717, 1.165) is 24.2 Å². The highest BCUT2D eigenvalue weighted by Gasteiger charge is 2.58. The van der Waals surface area contributed by atoms with Gasteiger partial charge in [0.25, 0.3) is 0 Å². The van der Waals surface area contributed by atoms with E-state index in [4.69, 9.17) is 9.47 Å². The van der Waals surface area contributed by atoms with Crippen LogP contribution >= 0.6 is 0 Å². The maximum absolute atomic E-state index is 11.1. The number of benzene rings is 2. The monoisotopic (exact) mass is 294 g/mol. The van der Waals surface area contributed by atoms with Crippen molar-refractivity contribution in [2.75, 3.05) is 6.61 Å². The smallest absolute Gasteiger partial charge is 0.124 e. The predicted molar refractivity (Wildman–Crippen MR) is 82.7 cm³/mol. The summed E-state index contributed by atoms with van der Waals surface area (Å²) < 4.78 is 11.1. The average molecular weight is 294 g/mol. The zero-order valence-corrected chi connectivity index (χ0v) is 12.2. The molecule has 0 bridgehead atoms. The lowest BCUT2D eigenvalue weighted by Gasteiger charge is -2.07. The SMILES string of the molecule is O=CC1C([C@@H]2CO2)[C@@H]1c1ccc(OCc2ccccc2)cc1. The van der Waals surface area contributed by atoms with E-state index < -0.39 is 0 Å². The Morgan fingerprint density at radius 2 is 1.82 bits per heavy atom. The van der Waals surface area contributed by atoms with Gasteiger partial charge in [-0.3, -0.25) is 0 Å². The maximum Gasteiger partial charge on any atom is 0.124 e. The number of carbonyl (C=O) groups excluding carboxylic acids is 1. The van der Waals surface area contributed by atoms with E-state index in [-0.39, 0.29) is 5.92 Å². The Hall–Kier alpha value is -2.13. The zero-order chi connectivity index (χ0) is 14.9. The van der Waals surface area contributed by atoms with Crippen molar-refractivity contribution in [1.82, 2.24) is 0 Å². The van der Waals surface area contributed by atoms with Crippen LogP contribution in [0.2, 0.25) is 0 Å². The molecule has 2 aromatic carbocycles. The highest BCUT2D eigenvalue weighted by atomic mass is 16.6. The third kappa shape index (κ3) is 2.64. The van der Waals surface area contributed by atoms with Gasteiger partial charge < -0.3 is 14.3 Å². The summed E-state index contributed by atoms with van der Waals surface area (Å²) >= 11 is 0. The Morgan fingerprint density at radius 1 is 1.09 bits per heavy atom. The summed E-state index contributed by atoms with van der Waals surface area (Å²) in [6.07, 6.45) is 1.38. The Bertz CT molecular complexity index is 646. The number of carbonyl (C=O) groups is 1. The minimum absolute atomic E-state index is 0.128. The van der Waals surface area contributed by atoms with E-state index in [1.807, 2.05) is 42.5 Å². The second kappa shape index (κ2) is 5.58. The molecule has 0 amide bonds. The summed E-state index contributed by atoms with van der Waals surface area (Å²) in [7, 11) is 0. The Balaban J connectivity index is 1.39. The fourth-order valence-electron chi connectivity index (χ4n) is 3.26. The highest BCUT2D eigenvalue weighted by Crippen LogP contribution is 2.57. The zero-order valence-electron chi connectivity index (χ0n) is 12.2. The number of rotatable bonds is 6. The van der Waals surface area contributed by atoms with Gasteiger partial charge in [0.2, 0.25) is 0 Å². The van der Waals surface area contributed by atoms with E-state index in [1.54, 1.807) is 0 Å². The molecule has 22 heavy (non-hydrogen) atoms. The minimum Gasteiger partial charge on any atom is -0.489 e. The van der Waals surface area contributed by atoms with Crippen molar-refractivity contribution in [2.45, 2.75) is 18.6 Å². The largest absolute Gasteiger partial charge is 0.489 e. The molecule has 1 saturated carbocycles. The molecule has 1 aliphatic carbocycles. The number of epoxide rings is 1. The van der Waals surface area contributed by atoms with Crippen molar-refractivity contribution in [3.05, 3.63) is 65.7 Å². The first-order valence-electron chi connectivity index (χ1n) is 7.70. The molecule has 112 valence electrons. The van der Waals surface area contributed by atoms with Crippen molar-refractivity contribution in [1.29, 1.82) is 0 Å². The topological polar surface area (TPSA) is 38.8 Å². The van der Waals surface area contributed by atoms with Gasteiger partial charge in [0.1, 0.15) is 18.6 Å². The van der Waals surface area contributed by atoms with Gasteiger partial charge in [-0.25, -0.2) is 0 Å². The van der Waals surface area contributed by atoms with Crippen LogP contribution in [0.25, 0.3) is 0 Å². The quantitative estimate of drug-likeness (QED) is 0.606. The first kappa shape index (κ1) is 13.5. The van der Waals surface area contributed by atoms with Crippen LogP contribution in [0.15, 0.2) is 54.6 Å². The molecule has 1 aliphatic heterocycles. The molecule has 2 aliphatic rings. The molecule has 3 nitrogen and oxygen atoms in total. The lowest BCUT2D eigenvalue weighted by Crippen LogP contribution is -1.95. The van der Waals surface area contributed by atoms with Crippen molar-refractivity contribution in [3.63, 3.8) is 0 Å². The third-order valence-electron chi connectivity index (χ3n) is 4.59. The number of hydrogen-bond acceptors (Lipinski definition) is 3. The van der Waals surface area contributed by atoms with Crippen LogP contribution in [0.3, 0.4) is 0 Å². The molecule has 3 heteroatoms. The van der Waals surface area contributed by atoms with Crippen LogP contribution in [0.4, 0.5) is 0 Å². The van der Waals surface area contributed by atoms with Gasteiger partial charge in [-0.1, -0.05) is 42.5 Å². The fraction of sp³-hybridized carbons (Fsp3) is 0.316. The van der Waals surface area contributed by atoms with E-state index in [1.165, 1.54) is 5.56 Å². The summed E-state index contributed by atoms with van der Waals surface area (Å²) in [5.74, 6) is 1.69. The first-order valence-corrected chi connectivity index (χ1v) is 7.70. The lowest BCUT2D eigenvalue weighted by atomic mass is 10.1. The van der Waals surface area contributed by atoms with Gasteiger partial charge in [-0.2, -0.15) is 0 Å². The molecule has 2 unspecified atom stereocenters. The Kier molecular flexibility index (Phi) is 3.43. The standard InChI is InChI=1S/C19H18O3/c20-10-16-18(19(16)17-12-22-17)14-6-8-15(9-7-14)21-11-13-4-2-1-3-5-13/h1-10,16-19H,11-12H2/t16?,17-,18+,19?/m0/s1. The van der Waals surface area contributed by atoms with E-state index in [9.17, 15) is 4.79 Å². The fourth-order valence-corrected chi connectivity index (χ4v) is 3.26. The van der Waals surface area contributed by atoms with E-state index >= 15 is 0 Å². The van der Waals surface area contributed by atoms with Gasteiger partial charge >= 0.3 is 0 Å². The Morgan fingerprint density at radius 3 is 2.45 bits per heavy atom. The molecule has 0 aromatic heterocycles. The van der Waals surface area contributed by atoms with Gasteiger partial charge in [0.15, 0.2) is 0 Å². The molecular formula is C19H18O3. The molecule has 0 spiro atoms. The Labute approximate surface area is 129 Å². The predicted octanol–water partition coefficient (Wildman–Crippen LogP) is 3.19. The summed E-state index contributed by atoms with van der Waals surface area (Å²) in [6.45, 7) is 1.38. The van der Waals surface area contributed by atoms with Crippen molar-refractivity contribution >= 4 is 6.29 Å². The second-order valence-electron chi connectivity index (χ2n) is 6.03. The van der Waals surface area contributed by atoms with Gasteiger partial charge in [0.05, 0.1) is 12.7 Å². The molecule has 0 radical (unpaired) electrons. The van der Waals surface area contributed by atoms with Crippen molar-refractivity contribution < 1.29 is 14.3 Å². The van der Waals surface area contributed by atoms with Crippen LogP contribution in [-0.4, -0.2) is 19.0 Å². The number of hydrogen-bond donors (Lipinski definition) is 0. The number of ether oxygens (including phenoxy) is 2. The van der Waals surface area contributed by atoms with Gasteiger partial charge in [-0.05, 0) is 29.2 Å². The van der Waals surface area contributed by atoms with Gasteiger partial charge in [-0.15, -0.1) is 0 Å². The van der Waals surface area contributed by atoms with Crippen LogP contribution in [0.5, 0.6) is 5.75 Å². The molecular weight excluding hydrogens is 276 g/mol. The summed E-state index contributed by atoms with van der Waals surface area (Å²) in [6, 6.07) is 18.2. The van der Waals surface area contributed by atoms with Crippen LogP contribution in [0, 0.1) is 11.8 Å². The molecule has 4 rings (SSSR count). The molecule has 1 saturated heterocycles. The maximum atomic E-state index is 11.1. The number of aldehydes is 1. The third-order valence-corrected chi connectivity index (χ3v) is 4.59. The highest BCUT2D eigenvalue weighted by molar-refractivity contribution is 5.63. The molecule has 1 heterocycles. The first-order chi connectivity index (χ1) is 10.9. The minimum atomic E-state index is 0.128. The van der Waals surface area contributed by atoms with Crippen molar-refractivity contribution in [2.24, 2.45) is 11.8 Å².